The first-order valence-electron chi connectivity index (χ1n) is 13.5. The quantitative estimate of drug-likeness (QED) is 0.148. The molecule has 0 spiro atoms. The van der Waals surface area contributed by atoms with Gasteiger partial charge in [0, 0.05) is 41.1 Å². The molecule has 1 aromatic heterocycles. The summed E-state index contributed by atoms with van der Waals surface area (Å²) < 4.78 is 10.6. The zero-order chi connectivity index (χ0) is 30.9. The second-order valence-corrected chi connectivity index (χ2v) is 10.6. The fraction of sp³-hybridized carbons (Fsp3) is 0.355. The maximum atomic E-state index is 11.6. The summed E-state index contributed by atoms with van der Waals surface area (Å²) in [5.74, 6) is 1.79. The molecule has 1 aliphatic rings. The molecule has 3 atom stereocenters. The van der Waals surface area contributed by atoms with E-state index < -0.39 is 0 Å². The first-order chi connectivity index (χ1) is 20.2. The molecule has 226 valence electrons. The summed E-state index contributed by atoms with van der Waals surface area (Å²) in [6.07, 6.45) is 2.62. The lowest BCUT2D eigenvalue weighted by Crippen LogP contribution is -2.25. The Bertz CT molecular complexity index is 1250. The first kappa shape index (κ1) is 34.3. The molecule has 0 saturated carbocycles. The standard InChI is InChI=1S/C15H13NO3.C8H13N3S.C8H15NO2/c17-11-10-16-15(18)12-6-8-14(9-7-12)19-13-4-2-1-3-5-13;1-5(11-2)7-3-6(4-12-7)8(9)10;1-9-4-7(6-11-2)3-8(9)5-10/h1-9,11H,10H2,(H,16,18);3-5,11H,1-2H3,(H3,9,10);5,7-8H,3-4,6H2,1-2H3/t;5-;/m.1./s1. The van der Waals surface area contributed by atoms with Gasteiger partial charge in [0.1, 0.15) is 29.9 Å². The molecule has 0 bridgehead atoms. The zero-order valence-electron chi connectivity index (χ0n) is 24.5. The van der Waals surface area contributed by atoms with E-state index in [0.717, 1.165) is 37.2 Å². The summed E-state index contributed by atoms with van der Waals surface area (Å²) in [5, 5.41) is 14.7. The van der Waals surface area contributed by atoms with Crippen LogP contribution in [0.3, 0.4) is 0 Å². The molecule has 2 heterocycles. The van der Waals surface area contributed by atoms with E-state index >= 15 is 0 Å². The highest BCUT2D eigenvalue weighted by molar-refractivity contribution is 7.10. The number of thiophene rings is 1. The van der Waals surface area contributed by atoms with Gasteiger partial charge >= 0.3 is 0 Å². The van der Waals surface area contributed by atoms with Crippen LogP contribution in [0.1, 0.15) is 40.2 Å². The number of amidine groups is 1. The summed E-state index contributed by atoms with van der Waals surface area (Å²) in [6.45, 7) is 3.85. The van der Waals surface area contributed by atoms with Crippen LogP contribution in [-0.2, 0) is 14.3 Å². The van der Waals surface area contributed by atoms with Crippen molar-refractivity contribution >= 4 is 35.7 Å². The van der Waals surface area contributed by atoms with Crippen molar-refractivity contribution in [2.24, 2.45) is 11.7 Å². The van der Waals surface area contributed by atoms with Crippen LogP contribution in [0.15, 0.2) is 66.0 Å². The van der Waals surface area contributed by atoms with Crippen LogP contribution in [-0.4, -0.2) is 76.2 Å². The topological polar surface area (TPSA) is 147 Å². The third-order valence-corrected chi connectivity index (χ3v) is 7.59. The van der Waals surface area contributed by atoms with Crippen molar-refractivity contribution in [2.45, 2.75) is 25.4 Å². The van der Waals surface area contributed by atoms with Crippen LogP contribution < -0.4 is 21.1 Å². The Kier molecular flexibility index (Phi) is 15.1. The van der Waals surface area contributed by atoms with Gasteiger partial charge in [0.05, 0.1) is 19.2 Å². The van der Waals surface area contributed by atoms with Gasteiger partial charge in [-0.1, -0.05) is 18.2 Å². The number of likely N-dealkylation sites (N-methyl/N-ethyl adjacent to an activating group) is 1. The van der Waals surface area contributed by atoms with Gasteiger partial charge in [0.15, 0.2) is 0 Å². The fourth-order valence-corrected chi connectivity index (χ4v) is 5.03. The SMILES string of the molecule is CN[C@H](C)c1cc(C(=N)N)cs1.COCC1CC(C=O)N(C)C1.O=CCNC(=O)c1ccc(Oc2ccccc2)cc1. The number of rotatable bonds is 11. The van der Waals surface area contributed by atoms with Crippen molar-refractivity contribution in [1.29, 1.82) is 5.41 Å². The average Bonchev–Trinajstić information content (AvgIpc) is 3.64. The molecule has 2 aromatic carbocycles. The number of carbonyl (C=O) groups is 3. The van der Waals surface area contributed by atoms with E-state index in [9.17, 15) is 14.4 Å². The van der Waals surface area contributed by atoms with Crippen LogP contribution in [0, 0.1) is 11.3 Å². The van der Waals surface area contributed by atoms with Crippen molar-refractivity contribution in [3.63, 3.8) is 0 Å². The highest BCUT2D eigenvalue weighted by atomic mass is 32.1. The predicted molar refractivity (Wildman–Crippen MR) is 167 cm³/mol. The van der Waals surface area contributed by atoms with Crippen LogP contribution in [0.4, 0.5) is 0 Å². The lowest BCUT2D eigenvalue weighted by molar-refractivity contribution is -0.111. The smallest absolute Gasteiger partial charge is 0.251 e. The maximum Gasteiger partial charge on any atom is 0.251 e. The van der Waals surface area contributed by atoms with E-state index in [4.69, 9.17) is 20.6 Å². The summed E-state index contributed by atoms with van der Waals surface area (Å²) in [7, 11) is 5.60. The van der Waals surface area contributed by atoms with E-state index in [2.05, 4.69) is 22.5 Å². The zero-order valence-corrected chi connectivity index (χ0v) is 25.4. The van der Waals surface area contributed by atoms with Gasteiger partial charge in [0.2, 0.25) is 0 Å². The minimum absolute atomic E-state index is 0.0150. The number of nitrogen functional groups attached to an aromatic ring is 1. The second-order valence-electron chi connectivity index (χ2n) is 9.68. The van der Waals surface area contributed by atoms with Crippen molar-refractivity contribution in [2.75, 3.05) is 40.9 Å². The van der Waals surface area contributed by atoms with Gasteiger partial charge in [-0.15, -0.1) is 11.3 Å². The number of nitrogens with zero attached hydrogens (tertiary/aromatic N) is 1. The van der Waals surface area contributed by atoms with Gasteiger partial charge in [-0.05, 0) is 75.8 Å². The molecule has 1 fully saturated rings. The van der Waals surface area contributed by atoms with E-state index in [0.29, 0.717) is 29.6 Å². The van der Waals surface area contributed by atoms with Gasteiger partial charge in [-0.3, -0.25) is 15.1 Å². The molecule has 0 aliphatic carbocycles. The van der Waals surface area contributed by atoms with Crippen molar-refractivity contribution in [1.82, 2.24) is 15.5 Å². The Hall–Kier alpha value is -3.90. The Morgan fingerprint density at radius 3 is 2.33 bits per heavy atom. The predicted octanol–water partition coefficient (Wildman–Crippen LogP) is 3.87. The Morgan fingerprint density at radius 2 is 1.81 bits per heavy atom. The van der Waals surface area contributed by atoms with Crippen LogP contribution in [0.25, 0.3) is 0 Å². The monoisotopic (exact) mass is 595 g/mol. The number of hydrogen-bond donors (Lipinski definition) is 4. The number of methoxy groups -OCH3 is 1. The molecule has 1 aliphatic heterocycles. The maximum absolute atomic E-state index is 11.6. The number of hydrogen-bond acceptors (Lipinski definition) is 9. The van der Waals surface area contributed by atoms with E-state index in [1.54, 1.807) is 42.7 Å². The number of ether oxygens (including phenoxy) is 2. The van der Waals surface area contributed by atoms with Gasteiger partial charge < -0.3 is 35.4 Å². The van der Waals surface area contributed by atoms with Gasteiger partial charge in [-0.2, -0.15) is 0 Å². The average molecular weight is 596 g/mol. The molecular formula is C31H41N5O5S. The minimum Gasteiger partial charge on any atom is -0.457 e. The third kappa shape index (κ3) is 11.5. The number of aldehydes is 2. The van der Waals surface area contributed by atoms with Crippen molar-refractivity contribution < 1.29 is 23.9 Å². The number of amides is 1. The van der Waals surface area contributed by atoms with E-state index in [-0.39, 0.29) is 24.3 Å². The number of carbonyl (C=O) groups excluding carboxylic acids is 3. The van der Waals surface area contributed by atoms with Crippen LogP contribution >= 0.6 is 11.3 Å². The summed E-state index contributed by atoms with van der Waals surface area (Å²) >= 11 is 1.63. The molecule has 0 radical (unpaired) electrons. The molecule has 11 heteroatoms. The van der Waals surface area contributed by atoms with Crippen molar-refractivity contribution in [3.8, 4) is 11.5 Å². The van der Waals surface area contributed by atoms with Gasteiger partial charge in [0.25, 0.3) is 5.91 Å². The lowest BCUT2D eigenvalue weighted by atomic mass is 10.1. The second kappa shape index (κ2) is 18.5. The highest BCUT2D eigenvalue weighted by Crippen LogP contribution is 2.22. The number of likely N-dealkylation sites (tertiary alicyclic amines) is 1. The van der Waals surface area contributed by atoms with Crippen LogP contribution in [0.5, 0.6) is 11.5 Å². The Labute approximate surface area is 251 Å². The molecule has 3 aromatic rings. The molecular weight excluding hydrogens is 554 g/mol. The molecule has 4 rings (SSSR count). The third-order valence-electron chi connectivity index (χ3n) is 6.48. The highest BCUT2D eigenvalue weighted by Gasteiger charge is 2.28. The van der Waals surface area contributed by atoms with Crippen molar-refractivity contribution in [3.05, 3.63) is 82.0 Å². The Morgan fingerprint density at radius 1 is 1.14 bits per heavy atom. The van der Waals surface area contributed by atoms with E-state index in [1.807, 2.05) is 55.9 Å². The Balaban J connectivity index is 0.000000233. The number of nitrogens with one attached hydrogen (secondary N) is 3. The number of para-hydroxylation sites is 1. The molecule has 42 heavy (non-hydrogen) atoms. The number of benzene rings is 2. The molecule has 10 nitrogen and oxygen atoms in total. The molecule has 5 N–H and O–H groups in total. The molecule has 2 unspecified atom stereocenters. The normalized spacial score (nSPS) is 16.6. The lowest BCUT2D eigenvalue weighted by Gasteiger charge is -2.11. The summed E-state index contributed by atoms with van der Waals surface area (Å²) in [4.78, 5) is 35.5. The van der Waals surface area contributed by atoms with E-state index in [1.165, 1.54) is 4.88 Å². The van der Waals surface area contributed by atoms with Gasteiger partial charge in [-0.25, -0.2) is 0 Å². The summed E-state index contributed by atoms with van der Waals surface area (Å²) in [6, 6.07) is 18.5. The van der Waals surface area contributed by atoms with Crippen LogP contribution in [0.2, 0.25) is 0 Å². The fourth-order valence-electron chi connectivity index (χ4n) is 4.05. The first-order valence-corrected chi connectivity index (χ1v) is 14.4. The number of nitrogens with two attached hydrogens (primary N) is 1. The largest absolute Gasteiger partial charge is 0.457 e. The summed E-state index contributed by atoms with van der Waals surface area (Å²) in [5.41, 5.74) is 6.64. The minimum atomic E-state index is -0.279. The molecule has 1 amide bonds. The molecule has 1 saturated heterocycles.